The molecule has 0 amide bonds. The van der Waals surface area contributed by atoms with Gasteiger partial charge in [-0.15, -0.1) is 11.3 Å². The molecule has 0 radical (unpaired) electrons. The Morgan fingerprint density at radius 2 is 2.05 bits per heavy atom. The largest absolute Gasteiger partial charge is 0.393 e. The Bertz CT molecular complexity index is 424. The zero-order chi connectivity index (χ0) is 13.2. The van der Waals surface area contributed by atoms with Gasteiger partial charge in [-0.1, -0.05) is 6.92 Å². The van der Waals surface area contributed by atoms with Gasteiger partial charge in [-0.25, -0.2) is 4.98 Å². The van der Waals surface area contributed by atoms with Gasteiger partial charge in [0, 0.05) is 17.0 Å². The van der Waals surface area contributed by atoms with Gasteiger partial charge in [-0.2, -0.15) is 0 Å². The van der Waals surface area contributed by atoms with E-state index in [-0.39, 0.29) is 6.10 Å². The van der Waals surface area contributed by atoms with Crippen molar-refractivity contribution >= 4 is 11.3 Å². The van der Waals surface area contributed by atoms with Gasteiger partial charge in [0.05, 0.1) is 16.8 Å². The molecule has 3 rings (SSSR count). The molecule has 2 N–H and O–H groups in total. The Hall–Kier alpha value is -0.450. The summed E-state index contributed by atoms with van der Waals surface area (Å²) in [5.41, 5.74) is 1.35. The number of aliphatic hydroxyl groups is 1. The third-order valence-corrected chi connectivity index (χ3v) is 5.79. The fourth-order valence-corrected chi connectivity index (χ4v) is 4.46. The molecular weight excluding hydrogens is 256 g/mol. The summed E-state index contributed by atoms with van der Waals surface area (Å²) in [6.07, 6.45) is 8.81. The summed E-state index contributed by atoms with van der Waals surface area (Å²) in [7, 11) is 0. The van der Waals surface area contributed by atoms with Crippen molar-refractivity contribution in [2.45, 2.75) is 76.5 Å². The van der Waals surface area contributed by atoms with Crippen molar-refractivity contribution in [1.29, 1.82) is 0 Å². The standard InChI is InChI=1S/C15H24N2OS/c1-2-14-17-13-5-3-4-12(15(13)19-14)16-10-6-8-11(18)9-7-10/h10-12,16,18H,2-9H2,1H3. The van der Waals surface area contributed by atoms with Crippen LogP contribution in [0.3, 0.4) is 0 Å². The lowest BCUT2D eigenvalue weighted by Gasteiger charge is -2.31. The number of aryl methyl sites for hydroxylation is 2. The van der Waals surface area contributed by atoms with E-state index >= 15 is 0 Å². The van der Waals surface area contributed by atoms with Crippen molar-refractivity contribution in [2.75, 3.05) is 0 Å². The Labute approximate surface area is 119 Å². The number of aromatic nitrogens is 1. The number of nitrogens with zero attached hydrogens (tertiary/aromatic N) is 1. The third-order valence-electron chi connectivity index (χ3n) is 4.43. The monoisotopic (exact) mass is 280 g/mol. The molecule has 1 saturated carbocycles. The number of thiazole rings is 1. The average Bonchev–Trinajstić information content (AvgIpc) is 2.85. The highest BCUT2D eigenvalue weighted by molar-refractivity contribution is 7.11. The van der Waals surface area contributed by atoms with E-state index in [2.05, 4.69) is 12.2 Å². The first kappa shape index (κ1) is 13.5. The normalized spacial score (nSPS) is 31.2. The van der Waals surface area contributed by atoms with Gasteiger partial charge < -0.3 is 10.4 Å². The highest BCUT2D eigenvalue weighted by Gasteiger charge is 2.28. The summed E-state index contributed by atoms with van der Waals surface area (Å²) < 4.78 is 0. The molecule has 0 aromatic carbocycles. The maximum atomic E-state index is 9.59. The molecule has 1 fully saturated rings. The number of nitrogens with one attached hydrogen (secondary N) is 1. The highest BCUT2D eigenvalue weighted by atomic mass is 32.1. The number of aliphatic hydroxyl groups excluding tert-OH is 1. The van der Waals surface area contributed by atoms with Crippen molar-refractivity contribution in [3.05, 3.63) is 15.6 Å². The predicted molar refractivity (Wildman–Crippen MR) is 78.6 cm³/mol. The summed E-state index contributed by atoms with van der Waals surface area (Å²) in [5, 5.41) is 14.7. The van der Waals surface area contributed by atoms with Crippen LogP contribution < -0.4 is 5.32 Å². The lowest BCUT2D eigenvalue weighted by molar-refractivity contribution is 0.113. The van der Waals surface area contributed by atoms with Gasteiger partial charge in [-0.05, 0) is 51.4 Å². The number of hydrogen-bond donors (Lipinski definition) is 2. The molecule has 19 heavy (non-hydrogen) atoms. The van der Waals surface area contributed by atoms with Crippen molar-refractivity contribution in [3.8, 4) is 0 Å². The van der Waals surface area contributed by atoms with Crippen molar-refractivity contribution < 1.29 is 5.11 Å². The van der Waals surface area contributed by atoms with Crippen LogP contribution in [0.15, 0.2) is 0 Å². The van der Waals surface area contributed by atoms with E-state index in [1.54, 1.807) is 0 Å². The van der Waals surface area contributed by atoms with Gasteiger partial charge >= 0.3 is 0 Å². The van der Waals surface area contributed by atoms with Crippen LogP contribution in [0, 0.1) is 0 Å². The first-order valence-electron chi connectivity index (χ1n) is 7.69. The first-order valence-corrected chi connectivity index (χ1v) is 8.50. The number of rotatable bonds is 3. The van der Waals surface area contributed by atoms with E-state index in [4.69, 9.17) is 4.98 Å². The zero-order valence-corrected chi connectivity index (χ0v) is 12.5. The van der Waals surface area contributed by atoms with Gasteiger partial charge in [0.15, 0.2) is 0 Å². The minimum atomic E-state index is -0.0601. The van der Waals surface area contributed by atoms with Gasteiger partial charge in [-0.3, -0.25) is 0 Å². The van der Waals surface area contributed by atoms with Crippen LogP contribution >= 0.6 is 11.3 Å². The second kappa shape index (κ2) is 5.90. The van der Waals surface area contributed by atoms with Crippen molar-refractivity contribution in [3.63, 3.8) is 0 Å². The van der Waals surface area contributed by atoms with Crippen LogP contribution in [-0.4, -0.2) is 22.2 Å². The van der Waals surface area contributed by atoms with E-state index in [0.29, 0.717) is 12.1 Å². The molecule has 0 spiro atoms. The lowest BCUT2D eigenvalue weighted by Crippen LogP contribution is -2.37. The highest BCUT2D eigenvalue weighted by Crippen LogP contribution is 2.35. The molecule has 106 valence electrons. The summed E-state index contributed by atoms with van der Waals surface area (Å²) >= 11 is 1.91. The van der Waals surface area contributed by atoms with Gasteiger partial charge in [0.2, 0.25) is 0 Å². The fraction of sp³-hybridized carbons (Fsp3) is 0.800. The molecular formula is C15H24N2OS. The molecule has 3 nitrogen and oxygen atoms in total. The zero-order valence-electron chi connectivity index (χ0n) is 11.7. The molecule has 0 aliphatic heterocycles. The molecule has 1 aromatic rings. The Morgan fingerprint density at radius 1 is 1.26 bits per heavy atom. The topological polar surface area (TPSA) is 45.2 Å². The van der Waals surface area contributed by atoms with E-state index < -0.39 is 0 Å². The molecule has 1 atom stereocenters. The van der Waals surface area contributed by atoms with E-state index in [1.165, 1.54) is 28.4 Å². The third kappa shape index (κ3) is 3.01. The molecule has 0 saturated heterocycles. The Balaban J connectivity index is 1.67. The summed E-state index contributed by atoms with van der Waals surface area (Å²) in [4.78, 5) is 6.26. The minimum Gasteiger partial charge on any atom is -0.393 e. The minimum absolute atomic E-state index is 0.0601. The Kier molecular flexibility index (Phi) is 4.20. The maximum Gasteiger partial charge on any atom is 0.0928 e. The smallest absolute Gasteiger partial charge is 0.0928 e. The van der Waals surface area contributed by atoms with Crippen LogP contribution in [0.25, 0.3) is 0 Å². The molecule has 1 heterocycles. The predicted octanol–water partition coefficient (Wildman–Crippen LogP) is 2.98. The maximum absolute atomic E-state index is 9.59. The molecule has 1 unspecified atom stereocenters. The number of hydrogen-bond acceptors (Lipinski definition) is 4. The lowest BCUT2D eigenvalue weighted by atomic mass is 9.90. The van der Waals surface area contributed by atoms with E-state index in [0.717, 1.165) is 38.5 Å². The average molecular weight is 280 g/mol. The van der Waals surface area contributed by atoms with Crippen LogP contribution in [0.2, 0.25) is 0 Å². The van der Waals surface area contributed by atoms with Crippen molar-refractivity contribution in [1.82, 2.24) is 10.3 Å². The SMILES string of the molecule is CCc1nc2c(s1)C(NC1CCC(O)CC1)CCC2. The van der Waals surface area contributed by atoms with Crippen LogP contribution in [0.4, 0.5) is 0 Å². The second-order valence-corrected chi connectivity index (χ2v) is 7.00. The molecule has 0 bridgehead atoms. The van der Waals surface area contributed by atoms with Crippen LogP contribution in [-0.2, 0) is 12.8 Å². The quantitative estimate of drug-likeness (QED) is 0.894. The molecule has 2 aliphatic carbocycles. The van der Waals surface area contributed by atoms with Gasteiger partial charge in [0.25, 0.3) is 0 Å². The number of fused-ring (bicyclic) bond motifs is 1. The second-order valence-electron chi connectivity index (χ2n) is 5.89. The summed E-state index contributed by atoms with van der Waals surface area (Å²) in [6, 6.07) is 1.10. The van der Waals surface area contributed by atoms with E-state index in [9.17, 15) is 5.11 Å². The first-order chi connectivity index (χ1) is 9.26. The molecule has 4 heteroatoms. The molecule has 1 aromatic heterocycles. The summed E-state index contributed by atoms with van der Waals surface area (Å²) in [5.74, 6) is 0. The van der Waals surface area contributed by atoms with Crippen molar-refractivity contribution in [2.24, 2.45) is 0 Å². The van der Waals surface area contributed by atoms with Gasteiger partial charge in [0.1, 0.15) is 0 Å². The van der Waals surface area contributed by atoms with Crippen LogP contribution in [0.5, 0.6) is 0 Å². The summed E-state index contributed by atoms with van der Waals surface area (Å²) in [6.45, 7) is 2.19. The Morgan fingerprint density at radius 3 is 2.79 bits per heavy atom. The van der Waals surface area contributed by atoms with E-state index in [1.807, 2.05) is 11.3 Å². The van der Waals surface area contributed by atoms with Crippen LogP contribution in [0.1, 0.15) is 67.1 Å². The fourth-order valence-electron chi connectivity index (χ4n) is 3.31. The molecule has 2 aliphatic rings.